The van der Waals surface area contributed by atoms with Crippen LogP contribution in [0.25, 0.3) is 0 Å². The van der Waals surface area contributed by atoms with Gasteiger partial charge in [-0.3, -0.25) is 0 Å². The number of hydrogen-bond donors (Lipinski definition) is 1. The highest BCUT2D eigenvalue weighted by atomic mass is 79.9. The fraction of sp³-hybridized carbons (Fsp3) is 0.636. The van der Waals surface area contributed by atoms with Gasteiger partial charge in [0.25, 0.3) is 0 Å². The number of morpholine rings is 1. The van der Waals surface area contributed by atoms with Crippen molar-refractivity contribution in [1.29, 1.82) is 0 Å². The third-order valence-electron chi connectivity index (χ3n) is 3.04. The van der Waals surface area contributed by atoms with Crippen LogP contribution >= 0.6 is 27.3 Å². The number of halogens is 1. The molecule has 0 spiro atoms. The van der Waals surface area contributed by atoms with E-state index in [1.165, 1.54) is 15.6 Å². The lowest BCUT2D eigenvalue weighted by atomic mass is 10.1. The summed E-state index contributed by atoms with van der Waals surface area (Å²) in [6.45, 7) is 5.27. The molecule has 19 heavy (non-hydrogen) atoms. The largest absolute Gasteiger partial charge is 0.378 e. The summed E-state index contributed by atoms with van der Waals surface area (Å²) < 4.78 is 33.0. The molecule has 1 fully saturated rings. The first-order chi connectivity index (χ1) is 8.79. The van der Waals surface area contributed by atoms with Gasteiger partial charge in [0.15, 0.2) is 0 Å². The topological polar surface area (TPSA) is 72.6 Å². The molecule has 0 amide bonds. The van der Waals surface area contributed by atoms with Gasteiger partial charge in [-0.2, -0.15) is 4.31 Å². The molecule has 1 aliphatic heterocycles. The molecule has 1 aliphatic rings. The zero-order chi connectivity index (χ0) is 14.3. The molecule has 1 aromatic heterocycles. The molecule has 0 bridgehead atoms. The van der Waals surface area contributed by atoms with Crippen molar-refractivity contribution in [2.24, 2.45) is 5.73 Å². The second kappa shape index (κ2) is 5.42. The Hall–Kier alpha value is 0.01000. The highest BCUT2D eigenvalue weighted by Crippen LogP contribution is 2.36. The maximum absolute atomic E-state index is 12.8. The standard InChI is InChI=1S/C11H17BrN2O3S2/c1-11(2)7-17-4-3-14(11)19(15,16)9-5-8(6-13)18-10(9)12/h5H,3-4,6-7,13H2,1-2H3. The summed E-state index contributed by atoms with van der Waals surface area (Å²) in [5, 5.41) is 0. The Bertz CT molecular complexity index is 568. The molecule has 1 aromatic rings. The van der Waals surface area contributed by atoms with Gasteiger partial charge >= 0.3 is 0 Å². The number of hydrogen-bond acceptors (Lipinski definition) is 5. The fourth-order valence-corrected chi connectivity index (χ4v) is 6.35. The smallest absolute Gasteiger partial charge is 0.245 e. The number of ether oxygens (including phenoxy) is 1. The molecule has 0 aromatic carbocycles. The Kier molecular flexibility index (Phi) is 4.39. The second-order valence-corrected chi connectivity index (χ2v) is 9.28. The molecule has 0 unspecified atom stereocenters. The van der Waals surface area contributed by atoms with E-state index in [9.17, 15) is 8.42 Å². The highest BCUT2D eigenvalue weighted by Gasteiger charge is 2.40. The Labute approximate surface area is 125 Å². The molecule has 0 saturated carbocycles. The summed E-state index contributed by atoms with van der Waals surface area (Å²) >= 11 is 4.68. The van der Waals surface area contributed by atoms with Crippen LogP contribution in [0.15, 0.2) is 14.7 Å². The molecule has 0 radical (unpaired) electrons. The van der Waals surface area contributed by atoms with Crippen molar-refractivity contribution in [3.8, 4) is 0 Å². The van der Waals surface area contributed by atoms with Crippen LogP contribution in [0.4, 0.5) is 0 Å². The average Bonchev–Trinajstić information content (AvgIpc) is 2.70. The molecule has 0 aliphatic carbocycles. The molecule has 8 heteroatoms. The van der Waals surface area contributed by atoms with Crippen molar-refractivity contribution in [1.82, 2.24) is 4.31 Å². The van der Waals surface area contributed by atoms with Crippen LogP contribution in [0.1, 0.15) is 18.7 Å². The predicted molar refractivity (Wildman–Crippen MR) is 78.7 cm³/mol. The summed E-state index contributed by atoms with van der Waals surface area (Å²) in [6, 6.07) is 1.65. The molecule has 0 atom stereocenters. The first-order valence-corrected chi connectivity index (χ1v) is 8.93. The van der Waals surface area contributed by atoms with Crippen molar-refractivity contribution < 1.29 is 13.2 Å². The monoisotopic (exact) mass is 368 g/mol. The van der Waals surface area contributed by atoms with E-state index >= 15 is 0 Å². The van der Waals surface area contributed by atoms with E-state index in [0.29, 0.717) is 35.0 Å². The Morgan fingerprint density at radius 3 is 2.79 bits per heavy atom. The maximum Gasteiger partial charge on any atom is 0.245 e. The quantitative estimate of drug-likeness (QED) is 0.882. The van der Waals surface area contributed by atoms with Crippen molar-refractivity contribution in [2.45, 2.75) is 30.8 Å². The highest BCUT2D eigenvalue weighted by molar-refractivity contribution is 9.11. The number of nitrogens with two attached hydrogens (primary N) is 1. The normalized spacial score (nSPS) is 20.6. The Balaban J connectivity index is 2.43. The lowest BCUT2D eigenvalue weighted by Crippen LogP contribution is -2.55. The average molecular weight is 369 g/mol. The van der Waals surface area contributed by atoms with E-state index in [2.05, 4.69) is 15.9 Å². The van der Waals surface area contributed by atoms with Crippen LogP contribution in [0.3, 0.4) is 0 Å². The zero-order valence-corrected chi connectivity index (χ0v) is 14.1. The summed E-state index contributed by atoms with van der Waals surface area (Å²) in [4.78, 5) is 1.14. The lowest BCUT2D eigenvalue weighted by molar-refractivity contribution is -0.00771. The third kappa shape index (κ3) is 2.88. The number of thiophene rings is 1. The first-order valence-electron chi connectivity index (χ1n) is 5.88. The van der Waals surface area contributed by atoms with Crippen LogP contribution < -0.4 is 5.73 Å². The van der Waals surface area contributed by atoms with Crippen LogP contribution in [-0.2, 0) is 21.3 Å². The van der Waals surface area contributed by atoms with E-state index in [0.717, 1.165) is 4.88 Å². The van der Waals surface area contributed by atoms with Crippen LogP contribution in [-0.4, -0.2) is 38.0 Å². The molecule has 2 heterocycles. The minimum atomic E-state index is -3.53. The van der Waals surface area contributed by atoms with Crippen LogP contribution in [0.2, 0.25) is 0 Å². The Morgan fingerprint density at radius 1 is 1.58 bits per heavy atom. The van der Waals surface area contributed by atoms with Gasteiger partial charge in [0.2, 0.25) is 10.0 Å². The number of nitrogens with zero attached hydrogens (tertiary/aromatic N) is 1. The number of sulfonamides is 1. The van der Waals surface area contributed by atoms with Crippen molar-refractivity contribution in [3.05, 3.63) is 14.7 Å². The van der Waals surface area contributed by atoms with Crippen molar-refractivity contribution >= 4 is 37.3 Å². The van der Waals surface area contributed by atoms with Crippen molar-refractivity contribution in [3.63, 3.8) is 0 Å². The van der Waals surface area contributed by atoms with Gasteiger partial charge in [0, 0.05) is 18.0 Å². The van der Waals surface area contributed by atoms with Gasteiger partial charge in [-0.15, -0.1) is 11.3 Å². The molecular weight excluding hydrogens is 352 g/mol. The predicted octanol–water partition coefficient (Wildman–Crippen LogP) is 1.77. The molecule has 5 nitrogen and oxygen atoms in total. The van der Waals surface area contributed by atoms with Gasteiger partial charge in [-0.05, 0) is 35.8 Å². The third-order valence-corrected chi connectivity index (χ3v) is 7.43. The molecular formula is C11H17BrN2O3S2. The maximum atomic E-state index is 12.8. The number of rotatable bonds is 3. The van der Waals surface area contributed by atoms with Gasteiger partial charge < -0.3 is 10.5 Å². The van der Waals surface area contributed by atoms with Crippen molar-refractivity contribution in [2.75, 3.05) is 19.8 Å². The van der Waals surface area contributed by atoms with E-state index in [-0.39, 0.29) is 0 Å². The first kappa shape index (κ1) is 15.4. The minimum absolute atomic E-state index is 0.299. The molecule has 2 rings (SSSR count). The summed E-state index contributed by atoms with van der Waals surface area (Å²) in [6.07, 6.45) is 0. The van der Waals surface area contributed by atoms with Crippen LogP contribution in [0, 0.1) is 0 Å². The van der Waals surface area contributed by atoms with E-state index in [1.807, 2.05) is 13.8 Å². The lowest BCUT2D eigenvalue weighted by Gasteiger charge is -2.40. The Morgan fingerprint density at radius 2 is 2.26 bits per heavy atom. The molecule has 1 saturated heterocycles. The van der Waals surface area contributed by atoms with Gasteiger partial charge in [0.05, 0.1) is 22.5 Å². The van der Waals surface area contributed by atoms with E-state index in [4.69, 9.17) is 10.5 Å². The molecule has 108 valence electrons. The summed E-state index contributed by atoms with van der Waals surface area (Å²) in [5.74, 6) is 0. The SMILES string of the molecule is CC1(C)COCCN1S(=O)(=O)c1cc(CN)sc1Br. The zero-order valence-electron chi connectivity index (χ0n) is 10.8. The van der Waals surface area contributed by atoms with Crippen LogP contribution in [0.5, 0.6) is 0 Å². The van der Waals surface area contributed by atoms with Gasteiger partial charge in [-0.1, -0.05) is 0 Å². The van der Waals surface area contributed by atoms with Gasteiger partial charge in [0.1, 0.15) is 4.90 Å². The van der Waals surface area contributed by atoms with E-state index < -0.39 is 15.6 Å². The summed E-state index contributed by atoms with van der Waals surface area (Å²) in [7, 11) is -3.53. The van der Waals surface area contributed by atoms with Gasteiger partial charge in [-0.25, -0.2) is 8.42 Å². The minimum Gasteiger partial charge on any atom is -0.378 e. The van der Waals surface area contributed by atoms with E-state index in [1.54, 1.807) is 6.07 Å². The fourth-order valence-electron chi connectivity index (χ4n) is 2.08. The second-order valence-electron chi connectivity index (χ2n) is 5.00. The molecule has 2 N–H and O–H groups in total. The summed E-state index contributed by atoms with van der Waals surface area (Å²) in [5.41, 5.74) is 5.03.